The van der Waals surface area contributed by atoms with Gasteiger partial charge in [0.2, 0.25) is 0 Å². The van der Waals surface area contributed by atoms with Gasteiger partial charge in [-0.15, -0.1) is 0 Å². The number of benzene rings is 3. The van der Waals surface area contributed by atoms with Crippen LogP contribution in [0, 0.1) is 12.3 Å². The summed E-state index contributed by atoms with van der Waals surface area (Å²) < 4.78 is 12.3. The van der Waals surface area contributed by atoms with Crippen LogP contribution in [0.4, 0.5) is 0 Å². The minimum Gasteiger partial charge on any atom is -0.426 e. The molecule has 0 spiro atoms. The number of aryl methyl sites for hydroxylation is 1. The van der Waals surface area contributed by atoms with Crippen LogP contribution in [0.3, 0.4) is 0 Å². The number of ether oxygens (including phenoxy) is 2. The van der Waals surface area contributed by atoms with Crippen molar-refractivity contribution in [3.8, 4) is 11.5 Å². The summed E-state index contributed by atoms with van der Waals surface area (Å²) in [6.07, 6.45) is 0. The summed E-state index contributed by atoms with van der Waals surface area (Å²) in [4.78, 5) is 26.9. The van der Waals surface area contributed by atoms with Gasteiger partial charge < -0.3 is 9.47 Å². The standard InChI is InChI=1S/C25H19BrO4/c1-15-7-9-16(10-8-15)24(2)21-19-5-3-4-6-20(19)30-23(28)25(21,24)22(27)29-18-13-11-17(26)12-14-18/h3-14,21H,1-2H3. The third-order valence-corrected chi connectivity index (χ3v) is 7.03. The van der Waals surface area contributed by atoms with E-state index in [0.717, 1.165) is 21.2 Å². The molecular weight excluding hydrogens is 444 g/mol. The molecular formula is C25H19BrO4. The quantitative estimate of drug-likeness (QED) is 0.300. The largest absolute Gasteiger partial charge is 0.426 e. The molecule has 0 radical (unpaired) electrons. The number of carbonyl (C=O) groups is 2. The van der Waals surface area contributed by atoms with Crippen molar-refractivity contribution in [3.05, 3.63) is 94.0 Å². The smallest absolute Gasteiger partial charge is 0.330 e. The number of halogens is 1. The van der Waals surface area contributed by atoms with Gasteiger partial charge in [-0.25, -0.2) is 0 Å². The molecule has 0 amide bonds. The van der Waals surface area contributed by atoms with Gasteiger partial charge in [-0.2, -0.15) is 0 Å². The molecule has 1 aliphatic carbocycles. The van der Waals surface area contributed by atoms with Crippen LogP contribution in [0.25, 0.3) is 0 Å². The third-order valence-electron chi connectivity index (χ3n) is 6.50. The maximum Gasteiger partial charge on any atom is 0.330 e. The fourth-order valence-electron chi connectivity index (χ4n) is 4.88. The minimum absolute atomic E-state index is 0.354. The average Bonchev–Trinajstić information content (AvgIpc) is 3.34. The Bertz CT molecular complexity index is 1170. The van der Waals surface area contributed by atoms with Gasteiger partial charge in [0.15, 0.2) is 5.41 Å². The van der Waals surface area contributed by atoms with E-state index in [9.17, 15) is 9.59 Å². The van der Waals surface area contributed by atoms with Gasteiger partial charge in [0.25, 0.3) is 0 Å². The maximum absolute atomic E-state index is 13.6. The highest BCUT2D eigenvalue weighted by molar-refractivity contribution is 9.10. The van der Waals surface area contributed by atoms with Crippen LogP contribution in [-0.4, -0.2) is 11.9 Å². The predicted molar refractivity (Wildman–Crippen MR) is 116 cm³/mol. The summed E-state index contributed by atoms with van der Waals surface area (Å²) in [6, 6.07) is 22.3. The van der Waals surface area contributed by atoms with E-state index >= 15 is 0 Å². The van der Waals surface area contributed by atoms with Crippen molar-refractivity contribution in [1.82, 2.24) is 0 Å². The molecule has 1 saturated carbocycles. The van der Waals surface area contributed by atoms with Crippen LogP contribution in [0.15, 0.2) is 77.3 Å². The normalized spacial score (nSPS) is 26.2. The number of para-hydroxylation sites is 1. The van der Waals surface area contributed by atoms with Gasteiger partial charge in [-0.3, -0.25) is 9.59 Å². The summed E-state index contributed by atoms with van der Waals surface area (Å²) in [7, 11) is 0. The van der Waals surface area contributed by atoms with E-state index < -0.39 is 22.8 Å². The van der Waals surface area contributed by atoms with Crippen molar-refractivity contribution in [2.45, 2.75) is 25.2 Å². The molecule has 0 aromatic heterocycles. The summed E-state index contributed by atoms with van der Waals surface area (Å²) in [5.41, 5.74) is 0.688. The Hall–Kier alpha value is -2.92. The molecule has 3 aromatic carbocycles. The SMILES string of the molecule is Cc1ccc(C2(C)C3c4ccccc4OC(=O)C32C(=O)Oc2ccc(Br)cc2)cc1. The van der Waals surface area contributed by atoms with Crippen molar-refractivity contribution in [2.24, 2.45) is 5.41 Å². The maximum atomic E-state index is 13.6. The topological polar surface area (TPSA) is 52.6 Å². The fraction of sp³-hybridized carbons (Fsp3) is 0.200. The number of hydrogen-bond acceptors (Lipinski definition) is 4. The van der Waals surface area contributed by atoms with Crippen molar-refractivity contribution < 1.29 is 19.1 Å². The van der Waals surface area contributed by atoms with E-state index in [-0.39, 0.29) is 5.92 Å². The molecule has 0 bridgehead atoms. The zero-order valence-electron chi connectivity index (χ0n) is 16.5. The van der Waals surface area contributed by atoms with Crippen molar-refractivity contribution >= 4 is 27.9 Å². The van der Waals surface area contributed by atoms with E-state index in [4.69, 9.17) is 9.47 Å². The molecule has 1 heterocycles. The number of rotatable bonds is 3. The van der Waals surface area contributed by atoms with E-state index in [1.54, 1.807) is 30.3 Å². The lowest BCUT2D eigenvalue weighted by molar-refractivity contribution is -0.155. The van der Waals surface area contributed by atoms with Crippen LogP contribution in [0.2, 0.25) is 0 Å². The molecule has 5 heteroatoms. The second-order valence-electron chi connectivity index (χ2n) is 8.08. The summed E-state index contributed by atoms with van der Waals surface area (Å²) in [5.74, 6) is -0.599. The number of esters is 2. The van der Waals surface area contributed by atoms with E-state index in [1.807, 2.05) is 56.3 Å². The molecule has 1 aliphatic heterocycles. The Morgan fingerprint density at radius 3 is 2.37 bits per heavy atom. The number of carbonyl (C=O) groups excluding carboxylic acids is 2. The van der Waals surface area contributed by atoms with Crippen molar-refractivity contribution in [1.29, 1.82) is 0 Å². The highest BCUT2D eigenvalue weighted by atomic mass is 79.9. The Balaban J connectivity index is 1.64. The summed E-state index contributed by atoms with van der Waals surface area (Å²) >= 11 is 3.37. The molecule has 150 valence electrons. The first-order valence-electron chi connectivity index (χ1n) is 9.75. The molecule has 30 heavy (non-hydrogen) atoms. The van der Waals surface area contributed by atoms with Gasteiger partial charge in [0.1, 0.15) is 11.5 Å². The lowest BCUT2D eigenvalue weighted by Crippen LogP contribution is -2.40. The lowest BCUT2D eigenvalue weighted by atomic mass is 9.87. The zero-order chi connectivity index (χ0) is 21.1. The van der Waals surface area contributed by atoms with Crippen LogP contribution >= 0.6 is 15.9 Å². The molecule has 0 saturated heterocycles. The molecule has 1 fully saturated rings. The molecule has 5 rings (SSSR count). The number of hydrogen-bond donors (Lipinski definition) is 0. The lowest BCUT2D eigenvalue weighted by Gasteiger charge is -2.22. The monoisotopic (exact) mass is 462 g/mol. The van der Waals surface area contributed by atoms with E-state index in [1.165, 1.54) is 0 Å². The van der Waals surface area contributed by atoms with Gasteiger partial charge in [-0.05, 0) is 42.8 Å². The third kappa shape index (κ3) is 2.45. The van der Waals surface area contributed by atoms with E-state index in [0.29, 0.717) is 11.5 Å². The first kappa shape index (κ1) is 19.1. The zero-order valence-corrected chi connectivity index (χ0v) is 18.1. The molecule has 2 aliphatic rings. The number of fused-ring (bicyclic) bond motifs is 3. The summed E-state index contributed by atoms with van der Waals surface area (Å²) in [6.45, 7) is 3.96. The van der Waals surface area contributed by atoms with Gasteiger partial charge in [-0.1, -0.05) is 70.9 Å². The van der Waals surface area contributed by atoms with Crippen molar-refractivity contribution in [2.75, 3.05) is 0 Å². The van der Waals surface area contributed by atoms with E-state index in [2.05, 4.69) is 15.9 Å². The summed E-state index contributed by atoms with van der Waals surface area (Å²) in [5, 5.41) is 0. The predicted octanol–water partition coefficient (Wildman–Crippen LogP) is 5.32. The Labute approximate surface area is 183 Å². The van der Waals surface area contributed by atoms with Crippen molar-refractivity contribution in [3.63, 3.8) is 0 Å². The van der Waals surface area contributed by atoms with Gasteiger partial charge in [0.05, 0.1) is 0 Å². The molecule has 3 unspecified atom stereocenters. The second-order valence-corrected chi connectivity index (χ2v) is 9.00. The first-order chi connectivity index (χ1) is 14.4. The molecule has 0 N–H and O–H groups in total. The first-order valence-corrected chi connectivity index (χ1v) is 10.5. The Morgan fingerprint density at radius 2 is 1.67 bits per heavy atom. The Kier molecular flexibility index (Phi) is 4.16. The molecule has 4 nitrogen and oxygen atoms in total. The molecule has 3 atom stereocenters. The second kappa shape index (κ2) is 6.54. The van der Waals surface area contributed by atoms with Gasteiger partial charge >= 0.3 is 11.9 Å². The highest BCUT2D eigenvalue weighted by Gasteiger charge is 2.86. The van der Waals surface area contributed by atoms with Crippen LogP contribution in [-0.2, 0) is 15.0 Å². The van der Waals surface area contributed by atoms with Crippen LogP contribution in [0.5, 0.6) is 11.5 Å². The van der Waals surface area contributed by atoms with Crippen LogP contribution < -0.4 is 9.47 Å². The van der Waals surface area contributed by atoms with Gasteiger partial charge in [0, 0.05) is 21.4 Å². The Morgan fingerprint density at radius 1 is 1.00 bits per heavy atom. The average molecular weight is 463 g/mol. The minimum atomic E-state index is -1.43. The fourth-order valence-corrected chi connectivity index (χ4v) is 5.15. The molecule has 3 aromatic rings. The highest BCUT2D eigenvalue weighted by Crippen LogP contribution is 2.77. The van der Waals surface area contributed by atoms with Crippen LogP contribution in [0.1, 0.15) is 29.5 Å².